The monoisotopic (exact) mass is 188 g/mol. The maximum absolute atomic E-state index is 5.49. The van der Waals surface area contributed by atoms with Gasteiger partial charge >= 0.3 is 0 Å². The van der Waals surface area contributed by atoms with Gasteiger partial charge in [0.2, 0.25) is 0 Å². The van der Waals surface area contributed by atoms with Gasteiger partial charge in [0.25, 0.3) is 0 Å². The molecule has 0 aliphatic rings. The van der Waals surface area contributed by atoms with E-state index >= 15 is 0 Å². The highest BCUT2D eigenvalue weighted by Gasteiger charge is 1.97. The molecule has 2 aromatic rings. The highest BCUT2D eigenvalue weighted by atomic mass is 15.3. The zero-order valence-corrected chi connectivity index (χ0v) is 7.80. The van der Waals surface area contributed by atoms with E-state index in [1.54, 1.807) is 12.4 Å². The van der Waals surface area contributed by atoms with Crippen LogP contribution in [-0.2, 0) is 13.1 Å². The van der Waals surface area contributed by atoms with Crippen molar-refractivity contribution in [2.24, 2.45) is 5.73 Å². The van der Waals surface area contributed by atoms with Gasteiger partial charge in [-0.15, -0.1) is 0 Å². The van der Waals surface area contributed by atoms with Gasteiger partial charge in [0.05, 0.1) is 18.4 Å². The minimum Gasteiger partial charge on any atom is -0.326 e. The summed E-state index contributed by atoms with van der Waals surface area (Å²) in [5, 5.41) is 4.18. The van der Waals surface area contributed by atoms with Gasteiger partial charge in [0.15, 0.2) is 0 Å². The van der Waals surface area contributed by atoms with E-state index in [2.05, 4.69) is 10.1 Å². The van der Waals surface area contributed by atoms with Gasteiger partial charge in [-0.1, -0.05) is 6.07 Å². The van der Waals surface area contributed by atoms with Crippen LogP contribution in [0.25, 0.3) is 0 Å². The molecule has 0 fully saturated rings. The molecule has 0 unspecified atom stereocenters. The van der Waals surface area contributed by atoms with Crippen LogP contribution < -0.4 is 5.73 Å². The summed E-state index contributed by atoms with van der Waals surface area (Å²) >= 11 is 0. The van der Waals surface area contributed by atoms with Crippen molar-refractivity contribution >= 4 is 0 Å². The van der Waals surface area contributed by atoms with Crippen LogP contribution in [-0.4, -0.2) is 14.8 Å². The topological polar surface area (TPSA) is 56.7 Å². The Morgan fingerprint density at radius 1 is 1.36 bits per heavy atom. The van der Waals surface area contributed by atoms with Gasteiger partial charge in [-0.25, -0.2) is 0 Å². The number of hydrogen-bond acceptors (Lipinski definition) is 3. The molecule has 4 nitrogen and oxygen atoms in total. The number of aromatic nitrogens is 3. The minimum atomic E-state index is 0.530. The Bertz CT molecular complexity index is 394. The van der Waals surface area contributed by atoms with Crippen molar-refractivity contribution in [3.63, 3.8) is 0 Å². The summed E-state index contributed by atoms with van der Waals surface area (Å²) in [6.07, 6.45) is 5.50. The van der Waals surface area contributed by atoms with E-state index in [0.29, 0.717) is 13.1 Å². The van der Waals surface area contributed by atoms with E-state index < -0.39 is 0 Å². The first kappa shape index (κ1) is 8.90. The van der Waals surface area contributed by atoms with Crippen LogP contribution in [0, 0.1) is 0 Å². The van der Waals surface area contributed by atoms with Crippen LogP contribution >= 0.6 is 0 Å². The summed E-state index contributed by atoms with van der Waals surface area (Å²) in [7, 11) is 0. The van der Waals surface area contributed by atoms with Crippen molar-refractivity contribution < 1.29 is 0 Å². The van der Waals surface area contributed by atoms with Gasteiger partial charge in [-0.3, -0.25) is 9.67 Å². The van der Waals surface area contributed by atoms with Gasteiger partial charge in [0.1, 0.15) is 0 Å². The first-order valence-electron chi connectivity index (χ1n) is 4.50. The lowest BCUT2D eigenvalue weighted by atomic mass is 10.3. The lowest BCUT2D eigenvalue weighted by Crippen LogP contribution is -2.01. The number of nitrogens with zero attached hydrogens (tertiary/aromatic N) is 3. The van der Waals surface area contributed by atoms with Crippen LogP contribution in [0.4, 0.5) is 0 Å². The molecule has 0 aromatic carbocycles. The van der Waals surface area contributed by atoms with Gasteiger partial charge in [0, 0.05) is 24.5 Å². The van der Waals surface area contributed by atoms with Crippen LogP contribution in [0.3, 0.4) is 0 Å². The predicted octanol–water partition coefficient (Wildman–Crippen LogP) is 0.785. The Hall–Kier alpha value is -1.68. The fraction of sp³-hybridized carbons (Fsp3) is 0.200. The molecule has 2 aromatic heterocycles. The molecule has 0 amide bonds. The second-order valence-electron chi connectivity index (χ2n) is 3.07. The molecule has 0 bridgehead atoms. The van der Waals surface area contributed by atoms with Crippen LogP contribution in [0.15, 0.2) is 36.8 Å². The van der Waals surface area contributed by atoms with Crippen LogP contribution in [0.2, 0.25) is 0 Å². The molecule has 14 heavy (non-hydrogen) atoms. The third-order valence-corrected chi connectivity index (χ3v) is 1.97. The number of nitrogens with two attached hydrogens (primary N) is 1. The molecular formula is C10H12N4. The maximum atomic E-state index is 5.49. The summed E-state index contributed by atoms with van der Waals surface area (Å²) in [5.41, 5.74) is 7.53. The molecule has 0 spiro atoms. The SMILES string of the molecule is NCc1cnn(Cc2ccccn2)c1. The standard InChI is InChI=1S/C10H12N4/c11-5-9-6-13-14(7-9)8-10-3-1-2-4-12-10/h1-4,6-7H,5,8,11H2. The van der Waals surface area contributed by atoms with E-state index in [4.69, 9.17) is 5.73 Å². The normalized spacial score (nSPS) is 10.4. The Labute approximate surface area is 82.4 Å². The smallest absolute Gasteiger partial charge is 0.0831 e. The van der Waals surface area contributed by atoms with Crippen molar-refractivity contribution in [1.29, 1.82) is 0 Å². The first-order valence-corrected chi connectivity index (χ1v) is 4.50. The highest BCUT2D eigenvalue weighted by molar-refractivity contribution is 5.07. The largest absolute Gasteiger partial charge is 0.326 e. The minimum absolute atomic E-state index is 0.530. The van der Waals surface area contributed by atoms with E-state index in [9.17, 15) is 0 Å². The number of rotatable bonds is 3. The zero-order chi connectivity index (χ0) is 9.80. The molecule has 0 atom stereocenters. The summed E-state index contributed by atoms with van der Waals surface area (Å²) in [6, 6.07) is 5.84. The summed E-state index contributed by atoms with van der Waals surface area (Å²) in [4.78, 5) is 4.22. The summed E-state index contributed by atoms with van der Waals surface area (Å²) < 4.78 is 1.84. The zero-order valence-electron chi connectivity index (χ0n) is 7.80. The second kappa shape index (κ2) is 4.02. The van der Waals surface area contributed by atoms with Crippen LogP contribution in [0.1, 0.15) is 11.3 Å². The molecule has 0 aliphatic heterocycles. The molecule has 0 saturated heterocycles. The first-order chi connectivity index (χ1) is 6.88. The molecule has 72 valence electrons. The molecular weight excluding hydrogens is 176 g/mol. The average Bonchev–Trinajstić information content (AvgIpc) is 2.67. The molecule has 2 rings (SSSR count). The predicted molar refractivity (Wildman–Crippen MR) is 53.5 cm³/mol. The van der Waals surface area contributed by atoms with Gasteiger partial charge < -0.3 is 5.73 Å². The van der Waals surface area contributed by atoms with Crippen molar-refractivity contribution in [3.05, 3.63) is 48.0 Å². The second-order valence-corrected chi connectivity index (χ2v) is 3.07. The van der Waals surface area contributed by atoms with E-state index in [-0.39, 0.29) is 0 Å². The number of pyridine rings is 1. The van der Waals surface area contributed by atoms with Crippen molar-refractivity contribution in [1.82, 2.24) is 14.8 Å². The van der Waals surface area contributed by atoms with Crippen molar-refractivity contribution in [2.75, 3.05) is 0 Å². The van der Waals surface area contributed by atoms with Crippen molar-refractivity contribution in [2.45, 2.75) is 13.1 Å². The van der Waals surface area contributed by atoms with Crippen LogP contribution in [0.5, 0.6) is 0 Å². The Morgan fingerprint density at radius 2 is 2.29 bits per heavy atom. The fourth-order valence-corrected chi connectivity index (χ4v) is 1.26. The lowest BCUT2D eigenvalue weighted by molar-refractivity contribution is 0.672. The molecule has 0 radical (unpaired) electrons. The van der Waals surface area contributed by atoms with E-state index in [1.165, 1.54) is 0 Å². The maximum Gasteiger partial charge on any atom is 0.0831 e. The summed E-state index contributed by atoms with van der Waals surface area (Å²) in [5.74, 6) is 0. The highest BCUT2D eigenvalue weighted by Crippen LogP contribution is 2.00. The Balaban J connectivity index is 2.11. The average molecular weight is 188 g/mol. The van der Waals surface area contributed by atoms with Gasteiger partial charge in [-0.05, 0) is 12.1 Å². The number of hydrogen-bond donors (Lipinski definition) is 1. The van der Waals surface area contributed by atoms with E-state index in [0.717, 1.165) is 11.3 Å². The summed E-state index contributed by atoms with van der Waals surface area (Å²) in [6.45, 7) is 1.23. The van der Waals surface area contributed by atoms with E-state index in [1.807, 2.05) is 29.1 Å². The molecule has 2 heterocycles. The lowest BCUT2D eigenvalue weighted by Gasteiger charge is -1.99. The fourth-order valence-electron chi connectivity index (χ4n) is 1.26. The Morgan fingerprint density at radius 3 is 2.93 bits per heavy atom. The molecule has 4 heteroatoms. The quantitative estimate of drug-likeness (QED) is 0.774. The third kappa shape index (κ3) is 1.97. The molecule has 0 aliphatic carbocycles. The third-order valence-electron chi connectivity index (χ3n) is 1.97. The Kier molecular flexibility index (Phi) is 2.55. The van der Waals surface area contributed by atoms with Gasteiger partial charge in [-0.2, -0.15) is 5.10 Å². The molecule has 0 saturated carbocycles. The van der Waals surface area contributed by atoms with Crippen molar-refractivity contribution in [3.8, 4) is 0 Å². The molecule has 2 N–H and O–H groups in total.